The first kappa shape index (κ1) is 19.3. The van der Waals surface area contributed by atoms with Gasteiger partial charge in [0.1, 0.15) is 12.0 Å². The van der Waals surface area contributed by atoms with E-state index >= 15 is 0 Å². The van der Waals surface area contributed by atoms with Gasteiger partial charge in [0.15, 0.2) is 0 Å². The van der Waals surface area contributed by atoms with Gasteiger partial charge in [-0.25, -0.2) is 0 Å². The van der Waals surface area contributed by atoms with Gasteiger partial charge in [0.05, 0.1) is 24.5 Å². The highest BCUT2D eigenvalue weighted by molar-refractivity contribution is 5.96. The zero-order valence-electron chi connectivity index (χ0n) is 13.2. The number of ether oxygens (including phenoxy) is 1. The maximum Gasteiger partial charge on any atom is 0.573 e. The minimum Gasteiger partial charge on any atom is -0.472 e. The third-order valence-corrected chi connectivity index (χ3v) is 3.18. The molecule has 0 aliphatic carbocycles. The molecular formula is C16H15F3N2O5. The van der Waals surface area contributed by atoms with E-state index in [1.807, 2.05) is 0 Å². The molecule has 1 aromatic heterocycles. The van der Waals surface area contributed by atoms with Crippen LogP contribution in [0.2, 0.25) is 0 Å². The molecule has 2 amide bonds. The molecule has 140 valence electrons. The summed E-state index contributed by atoms with van der Waals surface area (Å²) in [5.41, 5.74) is 0.557. The lowest BCUT2D eigenvalue weighted by atomic mass is 10.1. The number of rotatable bonds is 7. The summed E-state index contributed by atoms with van der Waals surface area (Å²) in [5, 5.41) is 14.7. The number of alkyl halides is 3. The quantitative estimate of drug-likeness (QED) is 0.688. The number of aliphatic hydroxyl groups is 1. The van der Waals surface area contributed by atoms with Gasteiger partial charge in [0.25, 0.3) is 5.91 Å². The number of furan rings is 1. The Balaban J connectivity index is 1.76. The van der Waals surface area contributed by atoms with E-state index in [0.29, 0.717) is 5.56 Å². The van der Waals surface area contributed by atoms with Crippen LogP contribution in [0.4, 0.5) is 13.2 Å². The van der Waals surface area contributed by atoms with Crippen molar-refractivity contribution in [3.63, 3.8) is 0 Å². The van der Waals surface area contributed by atoms with Crippen LogP contribution >= 0.6 is 0 Å². The van der Waals surface area contributed by atoms with Crippen molar-refractivity contribution in [1.82, 2.24) is 10.6 Å². The molecule has 3 N–H and O–H groups in total. The Hall–Kier alpha value is -3.01. The van der Waals surface area contributed by atoms with E-state index in [-0.39, 0.29) is 18.7 Å². The summed E-state index contributed by atoms with van der Waals surface area (Å²) in [4.78, 5) is 23.3. The van der Waals surface area contributed by atoms with Crippen LogP contribution in [0, 0.1) is 0 Å². The summed E-state index contributed by atoms with van der Waals surface area (Å²) >= 11 is 0. The van der Waals surface area contributed by atoms with Crippen LogP contribution in [0.5, 0.6) is 5.75 Å². The highest BCUT2D eigenvalue weighted by Crippen LogP contribution is 2.24. The maximum absolute atomic E-state index is 12.1. The molecule has 0 bridgehead atoms. The van der Waals surface area contributed by atoms with Gasteiger partial charge in [-0.05, 0) is 23.8 Å². The molecule has 0 fully saturated rings. The maximum atomic E-state index is 12.1. The number of hydrogen-bond acceptors (Lipinski definition) is 5. The fourth-order valence-corrected chi connectivity index (χ4v) is 1.94. The van der Waals surface area contributed by atoms with Gasteiger partial charge in [-0.2, -0.15) is 0 Å². The summed E-state index contributed by atoms with van der Waals surface area (Å²) in [6, 6.07) is 6.04. The highest BCUT2D eigenvalue weighted by Gasteiger charge is 2.31. The van der Waals surface area contributed by atoms with E-state index in [0.717, 1.165) is 12.1 Å². The Bertz CT molecular complexity index is 729. The van der Waals surface area contributed by atoms with Crippen LogP contribution in [0.3, 0.4) is 0 Å². The van der Waals surface area contributed by atoms with Gasteiger partial charge < -0.3 is 24.9 Å². The molecule has 7 nitrogen and oxygen atoms in total. The molecule has 1 heterocycles. The highest BCUT2D eigenvalue weighted by atomic mass is 19.4. The van der Waals surface area contributed by atoms with Crippen LogP contribution in [0.15, 0.2) is 47.3 Å². The first-order valence-corrected chi connectivity index (χ1v) is 7.35. The van der Waals surface area contributed by atoms with E-state index < -0.39 is 30.0 Å². The molecule has 26 heavy (non-hydrogen) atoms. The van der Waals surface area contributed by atoms with E-state index in [4.69, 9.17) is 4.42 Å². The zero-order valence-corrected chi connectivity index (χ0v) is 13.2. The van der Waals surface area contributed by atoms with Crippen molar-refractivity contribution in [1.29, 1.82) is 0 Å². The monoisotopic (exact) mass is 372 g/mol. The van der Waals surface area contributed by atoms with E-state index in [1.165, 1.54) is 30.7 Å². The summed E-state index contributed by atoms with van der Waals surface area (Å²) < 4.78 is 44.7. The van der Waals surface area contributed by atoms with Crippen molar-refractivity contribution in [3.8, 4) is 5.75 Å². The van der Waals surface area contributed by atoms with Crippen molar-refractivity contribution >= 4 is 11.8 Å². The Morgan fingerprint density at radius 1 is 1.15 bits per heavy atom. The van der Waals surface area contributed by atoms with Gasteiger partial charge in [-0.15, -0.1) is 13.2 Å². The van der Waals surface area contributed by atoms with Crippen molar-refractivity contribution < 1.29 is 37.0 Å². The normalized spacial score (nSPS) is 12.3. The third-order valence-electron chi connectivity index (χ3n) is 3.18. The number of aliphatic hydroxyl groups excluding tert-OH is 1. The fourth-order valence-electron chi connectivity index (χ4n) is 1.94. The predicted octanol–water partition coefficient (Wildman–Crippen LogP) is 1.76. The van der Waals surface area contributed by atoms with E-state index in [1.54, 1.807) is 0 Å². The topological polar surface area (TPSA) is 101 Å². The summed E-state index contributed by atoms with van der Waals surface area (Å²) in [6.07, 6.45) is -3.39. The molecule has 10 heteroatoms. The Labute approximate surface area is 145 Å². The minimum absolute atomic E-state index is 0.181. The number of carbonyl (C=O) groups is 2. The largest absolute Gasteiger partial charge is 0.573 e. The first-order valence-electron chi connectivity index (χ1n) is 7.35. The number of hydrogen-bond donors (Lipinski definition) is 3. The van der Waals surface area contributed by atoms with Crippen LogP contribution in [-0.2, 0) is 4.79 Å². The first-order chi connectivity index (χ1) is 12.2. The molecule has 0 saturated carbocycles. The van der Waals surface area contributed by atoms with E-state index in [2.05, 4.69) is 15.4 Å². The molecular weight excluding hydrogens is 357 g/mol. The molecule has 0 spiro atoms. The molecule has 0 aliphatic heterocycles. The average molecular weight is 372 g/mol. The van der Waals surface area contributed by atoms with E-state index in [9.17, 15) is 27.9 Å². The molecule has 1 atom stereocenters. The Morgan fingerprint density at radius 2 is 1.85 bits per heavy atom. The fraction of sp³-hybridized carbons (Fsp3) is 0.250. The molecule has 1 aromatic carbocycles. The SMILES string of the molecule is O=C(CNC(=O)c1ccoc1)NCC(O)c1ccc(OC(F)(F)F)cc1. The lowest BCUT2D eigenvalue weighted by Gasteiger charge is -2.14. The molecule has 0 radical (unpaired) electrons. The molecule has 1 unspecified atom stereocenters. The Morgan fingerprint density at radius 3 is 2.42 bits per heavy atom. The van der Waals surface area contributed by atoms with Crippen molar-refractivity contribution in [2.75, 3.05) is 13.1 Å². The van der Waals surface area contributed by atoms with Gasteiger partial charge >= 0.3 is 6.36 Å². The van der Waals surface area contributed by atoms with Gasteiger partial charge in [0.2, 0.25) is 5.91 Å². The van der Waals surface area contributed by atoms with Gasteiger partial charge in [0, 0.05) is 6.54 Å². The number of benzene rings is 1. The number of halogens is 3. The molecule has 0 aliphatic rings. The summed E-state index contributed by atoms with van der Waals surface area (Å²) in [7, 11) is 0. The molecule has 0 saturated heterocycles. The predicted molar refractivity (Wildman–Crippen MR) is 82.1 cm³/mol. The van der Waals surface area contributed by atoms with Gasteiger partial charge in [-0.3, -0.25) is 9.59 Å². The summed E-state index contributed by atoms with van der Waals surface area (Å²) in [6.45, 7) is -0.491. The lowest BCUT2D eigenvalue weighted by Crippen LogP contribution is -2.38. The average Bonchev–Trinajstić information content (AvgIpc) is 3.11. The minimum atomic E-state index is -4.80. The van der Waals surface area contributed by atoms with Crippen LogP contribution in [-0.4, -0.2) is 36.4 Å². The summed E-state index contributed by atoms with van der Waals surface area (Å²) in [5.74, 6) is -1.45. The van der Waals surface area contributed by atoms with Crippen molar-refractivity contribution in [2.24, 2.45) is 0 Å². The van der Waals surface area contributed by atoms with Crippen molar-refractivity contribution in [3.05, 3.63) is 54.0 Å². The smallest absolute Gasteiger partial charge is 0.472 e. The van der Waals surface area contributed by atoms with Crippen LogP contribution < -0.4 is 15.4 Å². The Kier molecular flexibility index (Phi) is 6.23. The van der Waals surface area contributed by atoms with Crippen LogP contribution in [0.1, 0.15) is 22.0 Å². The second-order valence-corrected chi connectivity index (χ2v) is 5.13. The standard InChI is InChI=1S/C16H15F3N2O5/c17-16(18,19)26-12-3-1-10(2-4-12)13(22)7-20-14(23)8-21-15(24)11-5-6-25-9-11/h1-6,9,13,22H,7-8H2,(H,20,23)(H,21,24). The number of amides is 2. The van der Waals surface area contributed by atoms with Gasteiger partial charge in [-0.1, -0.05) is 12.1 Å². The zero-order chi connectivity index (χ0) is 19.2. The van der Waals surface area contributed by atoms with Crippen molar-refractivity contribution in [2.45, 2.75) is 12.5 Å². The number of carbonyl (C=O) groups excluding carboxylic acids is 2. The second kappa shape index (κ2) is 8.39. The third kappa shape index (κ3) is 6.13. The lowest BCUT2D eigenvalue weighted by molar-refractivity contribution is -0.274. The molecule has 2 rings (SSSR count). The second-order valence-electron chi connectivity index (χ2n) is 5.13. The number of nitrogens with one attached hydrogen (secondary N) is 2. The molecule has 2 aromatic rings. The van der Waals surface area contributed by atoms with Crippen LogP contribution in [0.25, 0.3) is 0 Å².